The number of benzene rings is 1. The molecule has 0 aliphatic heterocycles. The minimum absolute atomic E-state index is 0.215. The van der Waals surface area contributed by atoms with E-state index in [0.717, 1.165) is 21.6 Å². The smallest absolute Gasteiger partial charge is 0.282 e. The molecule has 3 rings (SSSR count). The van der Waals surface area contributed by atoms with Gasteiger partial charge >= 0.3 is 0 Å². The van der Waals surface area contributed by atoms with E-state index in [4.69, 9.17) is 0 Å². The summed E-state index contributed by atoms with van der Waals surface area (Å²) in [4.78, 5) is 12.2. The molecule has 0 fully saturated rings. The van der Waals surface area contributed by atoms with E-state index in [1.165, 1.54) is 23.1 Å². The lowest BCUT2D eigenvalue weighted by molar-refractivity contribution is 0.0950. The Kier molecular flexibility index (Phi) is 6.13. The van der Waals surface area contributed by atoms with Gasteiger partial charge in [-0.1, -0.05) is 59.5 Å². The predicted molar refractivity (Wildman–Crippen MR) is 102 cm³/mol. The summed E-state index contributed by atoms with van der Waals surface area (Å²) in [6.07, 6.45) is 1.81. The number of carbonyl (C=O) groups excluding carboxylic acids is 1. The van der Waals surface area contributed by atoms with Crippen LogP contribution in [0.4, 0.5) is 0 Å². The lowest BCUT2D eigenvalue weighted by Crippen LogP contribution is -2.22. The van der Waals surface area contributed by atoms with Crippen molar-refractivity contribution in [1.29, 1.82) is 0 Å². The van der Waals surface area contributed by atoms with Crippen molar-refractivity contribution >= 4 is 29.0 Å². The van der Waals surface area contributed by atoms with Gasteiger partial charge in [-0.15, -0.1) is 27.0 Å². The van der Waals surface area contributed by atoms with Crippen LogP contribution in [0.5, 0.6) is 0 Å². The van der Waals surface area contributed by atoms with Crippen LogP contribution in [0.3, 0.4) is 0 Å². The van der Waals surface area contributed by atoms with Gasteiger partial charge in [-0.3, -0.25) is 4.79 Å². The summed E-state index contributed by atoms with van der Waals surface area (Å²) in [5.41, 5.74) is 1.04. The molecule has 26 heavy (non-hydrogen) atoms. The number of nitrogens with one attached hydrogen (secondary N) is 1. The second-order valence-corrected chi connectivity index (χ2v) is 7.39. The van der Waals surface area contributed by atoms with E-state index >= 15 is 0 Å². The second kappa shape index (κ2) is 8.72. The van der Waals surface area contributed by atoms with E-state index in [-0.39, 0.29) is 5.91 Å². The highest BCUT2D eigenvalue weighted by Crippen LogP contribution is 2.23. The van der Waals surface area contributed by atoms with Gasteiger partial charge in [0.2, 0.25) is 5.01 Å². The molecule has 0 saturated carbocycles. The number of nitrogens with zero attached hydrogens (tertiary/aromatic N) is 5. The molecule has 1 N–H and O–H groups in total. The molecule has 0 atom stereocenters. The first-order chi connectivity index (χ1) is 12.7. The van der Waals surface area contributed by atoms with Crippen LogP contribution in [0, 0.1) is 6.92 Å². The molecule has 2 heterocycles. The van der Waals surface area contributed by atoms with Crippen molar-refractivity contribution in [3.8, 4) is 0 Å². The highest BCUT2D eigenvalue weighted by Gasteiger charge is 2.14. The van der Waals surface area contributed by atoms with Crippen LogP contribution in [0.15, 0.2) is 48.1 Å². The molecule has 0 bridgehead atoms. The van der Waals surface area contributed by atoms with Gasteiger partial charge in [0.25, 0.3) is 5.91 Å². The summed E-state index contributed by atoms with van der Waals surface area (Å²) >= 11 is 2.80. The zero-order valence-corrected chi connectivity index (χ0v) is 15.9. The Morgan fingerprint density at radius 1 is 1.27 bits per heavy atom. The second-order valence-electron chi connectivity index (χ2n) is 5.39. The van der Waals surface area contributed by atoms with Crippen LogP contribution < -0.4 is 5.32 Å². The molecule has 1 aromatic carbocycles. The highest BCUT2D eigenvalue weighted by atomic mass is 32.2. The van der Waals surface area contributed by atoms with Crippen LogP contribution >= 0.6 is 23.1 Å². The van der Waals surface area contributed by atoms with Gasteiger partial charge in [-0.2, -0.15) is 0 Å². The summed E-state index contributed by atoms with van der Waals surface area (Å²) < 4.78 is 1.98. The van der Waals surface area contributed by atoms with Gasteiger partial charge in [0.05, 0.1) is 5.75 Å². The van der Waals surface area contributed by atoms with E-state index in [0.29, 0.717) is 23.8 Å². The Bertz CT molecular complexity index is 890. The average Bonchev–Trinajstić information content (AvgIpc) is 3.27. The van der Waals surface area contributed by atoms with Crippen molar-refractivity contribution < 1.29 is 4.79 Å². The van der Waals surface area contributed by atoms with E-state index in [1.807, 2.05) is 41.8 Å². The Labute approximate surface area is 159 Å². The van der Waals surface area contributed by atoms with Crippen molar-refractivity contribution in [2.24, 2.45) is 0 Å². The summed E-state index contributed by atoms with van der Waals surface area (Å²) in [5.74, 6) is 1.21. The van der Waals surface area contributed by atoms with Gasteiger partial charge in [0, 0.05) is 13.1 Å². The fourth-order valence-corrected chi connectivity index (χ4v) is 3.93. The van der Waals surface area contributed by atoms with Gasteiger partial charge < -0.3 is 9.88 Å². The standard InChI is InChI=1S/C17H18N6OS2/c1-3-9-23-12(2)19-22-17(23)25-11-14-20-21-16(26-14)15(24)18-10-13-7-5-4-6-8-13/h3-8H,1,9-11H2,2H3,(H,18,24). The Balaban J connectivity index is 1.56. The molecule has 0 radical (unpaired) electrons. The monoisotopic (exact) mass is 386 g/mol. The SMILES string of the molecule is C=CCn1c(C)nnc1SCc1nnc(C(=O)NCc2ccccc2)s1. The van der Waals surface area contributed by atoms with E-state index < -0.39 is 0 Å². The average molecular weight is 387 g/mol. The molecule has 9 heteroatoms. The van der Waals surface area contributed by atoms with Crippen LogP contribution in [-0.4, -0.2) is 30.9 Å². The molecular formula is C17H18N6OS2. The largest absolute Gasteiger partial charge is 0.346 e. The lowest BCUT2D eigenvalue weighted by atomic mass is 10.2. The molecule has 0 spiro atoms. The zero-order valence-electron chi connectivity index (χ0n) is 14.3. The van der Waals surface area contributed by atoms with Crippen molar-refractivity contribution in [2.75, 3.05) is 0 Å². The van der Waals surface area contributed by atoms with E-state index in [1.54, 1.807) is 6.08 Å². The zero-order chi connectivity index (χ0) is 18.4. The fourth-order valence-electron chi connectivity index (χ4n) is 2.19. The van der Waals surface area contributed by atoms with Crippen molar-refractivity contribution in [3.05, 3.63) is 64.4 Å². The maximum atomic E-state index is 12.2. The number of carbonyl (C=O) groups is 1. The van der Waals surface area contributed by atoms with Crippen LogP contribution in [0.1, 0.15) is 26.2 Å². The number of thioether (sulfide) groups is 1. The van der Waals surface area contributed by atoms with Crippen molar-refractivity contribution in [1.82, 2.24) is 30.3 Å². The lowest BCUT2D eigenvalue weighted by Gasteiger charge is -2.03. The third-order valence-electron chi connectivity index (χ3n) is 3.50. The van der Waals surface area contributed by atoms with E-state index in [2.05, 4.69) is 32.3 Å². The number of allylic oxidation sites excluding steroid dienone is 1. The molecule has 2 aromatic heterocycles. The number of amides is 1. The number of aromatic nitrogens is 5. The molecule has 0 aliphatic rings. The summed E-state index contributed by atoms with van der Waals surface area (Å²) in [6, 6.07) is 9.74. The maximum Gasteiger partial charge on any atom is 0.282 e. The molecule has 0 aliphatic carbocycles. The van der Waals surface area contributed by atoms with Gasteiger partial charge in [0.1, 0.15) is 10.8 Å². The van der Waals surface area contributed by atoms with Gasteiger partial charge in [-0.25, -0.2) is 0 Å². The Hall–Kier alpha value is -2.52. The van der Waals surface area contributed by atoms with Crippen molar-refractivity contribution in [2.45, 2.75) is 30.9 Å². The summed E-state index contributed by atoms with van der Waals surface area (Å²) in [5, 5.41) is 21.1. The highest BCUT2D eigenvalue weighted by molar-refractivity contribution is 7.98. The van der Waals surface area contributed by atoms with E-state index in [9.17, 15) is 4.79 Å². The first-order valence-corrected chi connectivity index (χ1v) is 9.75. The predicted octanol–water partition coefficient (Wildman–Crippen LogP) is 2.85. The van der Waals surface area contributed by atoms with Crippen LogP contribution in [-0.2, 0) is 18.8 Å². The molecule has 7 nitrogen and oxygen atoms in total. The Morgan fingerprint density at radius 2 is 2.08 bits per heavy atom. The molecule has 0 unspecified atom stereocenters. The normalized spacial score (nSPS) is 10.7. The first kappa shape index (κ1) is 18.3. The van der Waals surface area contributed by atoms with Gasteiger partial charge in [0.15, 0.2) is 5.16 Å². The number of hydrogen-bond acceptors (Lipinski definition) is 7. The third kappa shape index (κ3) is 4.55. The molecule has 134 valence electrons. The van der Waals surface area contributed by atoms with Crippen LogP contribution in [0.25, 0.3) is 0 Å². The Morgan fingerprint density at radius 3 is 2.85 bits per heavy atom. The molecule has 3 aromatic rings. The molecule has 1 amide bonds. The number of aryl methyl sites for hydroxylation is 1. The molecular weight excluding hydrogens is 368 g/mol. The maximum absolute atomic E-state index is 12.2. The fraction of sp³-hybridized carbons (Fsp3) is 0.235. The minimum Gasteiger partial charge on any atom is -0.346 e. The summed E-state index contributed by atoms with van der Waals surface area (Å²) in [7, 11) is 0. The van der Waals surface area contributed by atoms with Gasteiger partial charge in [-0.05, 0) is 12.5 Å². The van der Waals surface area contributed by atoms with Crippen LogP contribution in [0.2, 0.25) is 0 Å². The first-order valence-electron chi connectivity index (χ1n) is 7.95. The summed E-state index contributed by atoms with van der Waals surface area (Å²) in [6.45, 7) is 6.77. The minimum atomic E-state index is -0.215. The van der Waals surface area contributed by atoms with Crippen molar-refractivity contribution in [3.63, 3.8) is 0 Å². The third-order valence-corrected chi connectivity index (χ3v) is 5.58. The number of rotatable bonds is 8. The number of hydrogen-bond donors (Lipinski definition) is 1. The topological polar surface area (TPSA) is 85.6 Å². The molecule has 0 saturated heterocycles. The quantitative estimate of drug-likeness (QED) is 0.473.